The van der Waals surface area contributed by atoms with Crippen LogP contribution in [0.2, 0.25) is 0 Å². The highest BCUT2D eigenvalue weighted by atomic mass is 32.2. The van der Waals surface area contributed by atoms with Gasteiger partial charge in [0.2, 0.25) is 5.91 Å². The molecule has 0 spiro atoms. The van der Waals surface area contributed by atoms with Crippen molar-refractivity contribution in [2.75, 3.05) is 18.5 Å². The zero-order valence-electron chi connectivity index (χ0n) is 16.2. The lowest BCUT2D eigenvalue weighted by Crippen LogP contribution is -2.23. The van der Waals surface area contributed by atoms with Gasteiger partial charge in [-0.15, -0.1) is 0 Å². The summed E-state index contributed by atoms with van der Waals surface area (Å²) in [5.41, 5.74) is 3.40. The molecule has 0 bridgehead atoms. The number of aryl methyl sites for hydroxylation is 1. The average Bonchev–Trinajstić information content (AvgIpc) is 2.74. The number of nitrogens with one attached hydrogen (secondary N) is 1. The summed E-state index contributed by atoms with van der Waals surface area (Å²) in [6.07, 6.45) is 0. The Balaban J connectivity index is 1.45. The molecule has 1 amide bonds. The summed E-state index contributed by atoms with van der Waals surface area (Å²) in [6, 6.07) is 17.3. The molecule has 0 saturated carbocycles. The summed E-state index contributed by atoms with van der Waals surface area (Å²) in [6.45, 7) is 4.81. The van der Waals surface area contributed by atoms with E-state index in [0.717, 1.165) is 17.0 Å². The maximum Gasteiger partial charge on any atom is 0.237 e. The molecule has 1 atom stereocenters. The Morgan fingerprint density at radius 3 is 2.59 bits per heavy atom. The SMILES string of the molecule is Cc1cc(-c2ccccc2)nc(S[C@@H](C)C(=O)Nc2ccc3c(c2)OCCO3)n1. The molecule has 1 aliphatic rings. The number of amides is 1. The molecule has 0 unspecified atom stereocenters. The van der Waals surface area contributed by atoms with Gasteiger partial charge in [-0.05, 0) is 32.0 Å². The smallest absolute Gasteiger partial charge is 0.237 e. The van der Waals surface area contributed by atoms with Crippen molar-refractivity contribution in [1.29, 1.82) is 0 Å². The summed E-state index contributed by atoms with van der Waals surface area (Å²) >= 11 is 1.33. The van der Waals surface area contributed by atoms with Gasteiger partial charge in [-0.1, -0.05) is 42.1 Å². The third-order valence-electron chi connectivity index (χ3n) is 4.36. The molecule has 0 saturated heterocycles. The van der Waals surface area contributed by atoms with E-state index in [-0.39, 0.29) is 11.2 Å². The van der Waals surface area contributed by atoms with E-state index in [1.54, 1.807) is 18.2 Å². The Hall–Kier alpha value is -3.06. The van der Waals surface area contributed by atoms with Crippen LogP contribution in [0.25, 0.3) is 11.3 Å². The van der Waals surface area contributed by atoms with Crippen LogP contribution in [-0.4, -0.2) is 34.3 Å². The predicted molar refractivity (Wildman–Crippen MR) is 114 cm³/mol. The molecule has 0 radical (unpaired) electrons. The summed E-state index contributed by atoms with van der Waals surface area (Å²) in [7, 11) is 0. The van der Waals surface area contributed by atoms with Crippen LogP contribution in [0.4, 0.5) is 5.69 Å². The molecule has 6 nitrogen and oxygen atoms in total. The van der Waals surface area contributed by atoms with Crippen molar-refractivity contribution < 1.29 is 14.3 Å². The molecule has 1 aromatic heterocycles. The molecule has 2 aromatic carbocycles. The quantitative estimate of drug-likeness (QED) is 0.501. The van der Waals surface area contributed by atoms with Crippen LogP contribution in [0.15, 0.2) is 59.8 Å². The highest BCUT2D eigenvalue weighted by Gasteiger charge is 2.19. The number of ether oxygens (including phenoxy) is 2. The molecule has 2 heterocycles. The zero-order valence-corrected chi connectivity index (χ0v) is 17.0. The van der Waals surface area contributed by atoms with Crippen molar-refractivity contribution in [3.63, 3.8) is 0 Å². The van der Waals surface area contributed by atoms with Crippen molar-refractivity contribution in [1.82, 2.24) is 9.97 Å². The average molecular weight is 407 g/mol. The normalized spacial score (nSPS) is 13.6. The number of benzene rings is 2. The third kappa shape index (κ3) is 4.68. The molecular weight excluding hydrogens is 386 g/mol. The van der Waals surface area contributed by atoms with Crippen LogP contribution < -0.4 is 14.8 Å². The Morgan fingerprint density at radius 1 is 1.03 bits per heavy atom. The lowest BCUT2D eigenvalue weighted by atomic mass is 10.1. The number of carbonyl (C=O) groups excluding carboxylic acids is 1. The molecule has 0 aliphatic carbocycles. The molecule has 29 heavy (non-hydrogen) atoms. The van der Waals surface area contributed by atoms with Gasteiger partial charge in [0, 0.05) is 23.0 Å². The van der Waals surface area contributed by atoms with E-state index in [2.05, 4.69) is 15.3 Å². The fourth-order valence-electron chi connectivity index (χ4n) is 2.93. The minimum Gasteiger partial charge on any atom is -0.486 e. The topological polar surface area (TPSA) is 73.3 Å². The van der Waals surface area contributed by atoms with Crippen LogP contribution >= 0.6 is 11.8 Å². The minimum atomic E-state index is -0.367. The van der Waals surface area contributed by atoms with Gasteiger partial charge in [0.05, 0.1) is 10.9 Å². The van der Waals surface area contributed by atoms with Crippen molar-refractivity contribution in [3.05, 3.63) is 60.3 Å². The van der Waals surface area contributed by atoms with E-state index in [1.807, 2.05) is 50.2 Å². The molecule has 3 aromatic rings. The summed E-state index contributed by atoms with van der Waals surface area (Å²) in [5, 5.41) is 3.13. The van der Waals surface area contributed by atoms with E-state index in [0.29, 0.717) is 35.6 Å². The standard InChI is InChI=1S/C22H21N3O3S/c1-14-12-18(16-6-4-3-5-7-16)25-22(23-14)29-15(2)21(26)24-17-8-9-19-20(13-17)28-11-10-27-19/h3-9,12-13,15H,10-11H2,1-2H3,(H,24,26)/t15-/m0/s1. The van der Waals surface area contributed by atoms with Gasteiger partial charge < -0.3 is 14.8 Å². The minimum absolute atomic E-state index is 0.127. The fraction of sp³-hybridized carbons (Fsp3) is 0.227. The number of fused-ring (bicyclic) bond motifs is 1. The van der Waals surface area contributed by atoms with E-state index in [4.69, 9.17) is 9.47 Å². The highest BCUT2D eigenvalue weighted by Crippen LogP contribution is 2.33. The van der Waals surface area contributed by atoms with Crippen LogP contribution in [-0.2, 0) is 4.79 Å². The molecule has 4 rings (SSSR count). The highest BCUT2D eigenvalue weighted by molar-refractivity contribution is 8.00. The largest absolute Gasteiger partial charge is 0.486 e. The van der Waals surface area contributed by atoms with E-state index < -0.39 is 0 Å². The first kappa shape index (κ1) is 19.3. The number of hydrogen-bond acceptors (Lipinski definition) is 6. The first-order chi connectivity index (χ1) is 14.1. The Kier molecular flexibility index (Phi) is 5.67. The number of anilines is 1. The van der Waals surface area contributed by atoms with Crippen molar-refractivity contribution >= 4 is 23.4 Å². The predicted octanol–water partition coefficient (Wildman–Crippen LogP) is 4.34. The summed E-state index contributed by atoms with van der Waals surface area (Å²) in [5.74, 6) is 1.21. The Labute approximate surface area is 173 Å². The number of rotatable bonds is 5. The van der Waals surface area contributed by atoms with Crippen molar-refractivity contribution in [3.8, 4) is 22.8 Å². The van der Waals surface area contributed by atoms with Gasteiger partial charge in [0.1, 0.15) is 13.2 Å². The second-order valence-electron chi connectivity index (χ2n) is 6.65. The molecule has 1 aliphatic heterocycles. The van der Waals surface area contributed by atoms with Crippen LogP contribution in [0.3, 0.4) is 0 Å². The second-order valence-corrected chi connectivity index (χ2v) is 7.96. The van der Waals surface area contributed by atoms with Gasteiger partial charge in [-0.3, -0.25) is 4.79 Å². The van der Waals surface area contributed by atoms with Gasteiger partial charge in [-0.25, -0.2) is 9.97 Å². The van der Waals surface area contributed by atoms with E-state index >= 15 is 0 Å². The van der Waals surface area contributed by atoms with Crippen LogP contribution in [0.5, 0.6) is 11.5 Å². The molecular formula is C22H21N3O3S. The number of hydrogen-bond donors (Lipinski definition) is 1. The monoisotopic (exact) mass is 407 g/mol. The maximum absolute atomic E-state index is 12.7. The van der Waals surface area contributed by atoms with E-state index in [9.17, 15) is 4.79 Å². The Bertz CT molecular complexity index is 1030. The fourth-order valence-corrected chi connectivity index (χ4v) is 3.76. The second kappa shape index (κ2) is 8.53. The number of nitrogens with zero attached hydrogens (tertiary/aromatic N) is 2. The third-order valence-corrected chi connectivity index (χ3v) is 5.33. The summed E-state index contributed by atoms with van der Waals surface area (Å²) < 4.78 is 11.1. The number of carbonyl (C=O) groups is 1. The van der Waals surface area contributed by atoms with Crippen molar-refractivity contribution in [2.45, 2.75) is 24.3 Å². The van der Waals surface area contributed by atoms with Crippen LogP contribution in [0, 0.1) is 6.92 Å². The molecule has 0 fully saturated rings. The van der Waals surface area contributed by atoms with E-state index in [1.165, 1.54) is 11.8 Å². The van der Waals surface area contributed by atoms with Crippen molar-refractivity contribution in [2.24, 2.45) is 0 Å². The summed E-state index contributed by atoms with van der Waals surface area (Å²) in [4.78, 5) is 21.8. The maximum atomic E-state index is 12.7. The van der Waals surface area contributed by atoms with Gasteiger partial charge in [0.15, 0.2) is 16.7 Å². The lowest BCUT2D eigenvalue weighted by Gasteiger charge is -2.19. The number of thioether (sulfide) groups is 1. The molecule has 7 heteroatoms. The van der Waals surface area contributed by atoms with Gasteiger partial charge >= 0.3 is 0 Å². The first-order valence-electron chi connectivity index (χ1n) is 9.37. The zero-order chi connectivity index (χ0) is 20.2. The molecule has 148 valence electrons. The lowest BCUT2D eigenvalue weighted by molar-refractivity contribution is -0.115. The van der Waals surface area contributed by atoms with Crippen LogP contribution in [0.1, 0.15) is 12.6 Å². The molecule has 1 N–H and O–H groups in total. The first-order valence-corrected chi connectivity index (χ1v) is 10.2. The number of aromatic nitrogens is 2. The van der Waals surface area contributed by atoms with Gasteiger partial charge in [-0.2, -0.15) is 0 Å². The Morgan fingerprint density at radius 2 is 1.79 bits per heavy atom. The van der Waals surface area contributed by atoms with Gasteiger partial charge in [0.25, 0.3) is 0 Å².